The number of carbonyl (C=O) groups excluding carboxylic acids is 1. The summed E-state index contributed by atoms with van der Waals surface area (Å²) in [6, 6.07) is 12.9. The molecule has 1 heterocycles. The molecule has 132 valence electrons. The number of amides is 1. The Morgan fingerprint density at radius 1 is 0.920 bits per heavy atom. The number of hydrogen-bond donors (Lipinski definition) is 0. The normalized spacial score (nSPS) is 28.5. The maximum Gasteiger partial charge on any atom is 0.272 e. The molecule has 2 aromatic rings. The number of aromatic nitrogens is 1. The molecule has 0 aliphatic heterocycles. The molecule has 1 amide bonds. The number of carbonyl (C=O) groups is 1. The molecular formula is C21H27N3O. The topological polar surface area (TPSA) is 36.4 Å². The third-order valence-electron chi connectivity index (χ3n) is 6.38. The summed E-state index contributed by atoms with van der Waals surface area (Å²) in [5, 5.41) is 1.08. The Hall–Kier alpha value is -1.94. The van der Waals surface area contributed by atoms with Crippen molar-refractivity contribution < 1.29 is 4.79 Å². The standard InChI is InChI=1S/C21H27N3O/c1-23(2)17-10-15-12-18(13-16(15)11-17)24(3)21(25)20-9-8-14-6-4-5-7-19(14)22-20/h4-9,15-18H,10-13H2,1-3H3/t15-,16+,17?,18?. The number of benzene rings is 1. The zero-order valence-electron chi connectivity index (χ0n) is 15.4. The van der Waals surface area contributed by atoms with E-state index in [0.717, 1.165) is 41.6 Å². The second-order valence-electron chi connectivity index (χ2n) is 8.04. The van der Waals surface area contributed by atoms with Gasteiger partial charge in [-0.3, -0.25) is 4.79 Å². The van der Waals surface area contributed by atoms with Crippen molar-refractivity contribution >= 4 is 16.8 Å². The van der Waals surface area contributed by atoms with E-state index in [0.29, 0.717) is 11.7 Å². The third-order valence-corrected chi connectivity index (χ3v) is 6.38. The van der Waals surface area contributed by atoms with E-state index in [1.807, 2.05) is 48.3 Å². The number of para-hydroxylation sites is 1. The Morgan fingerprint density at radius 2 is 1.56 bits per heavy atom. The first-order valence-electron chi connectivity index (χ1n) is 9.32. The van der Waals surface area contributed by atoms with Crippen molar-refractivity contribution in [3.8, 4) is 0 Å². The van der Waals surface area contributed by atoms with E-state index < -0.39 is 0 Å². The molecule has 2 aliphatic carbocycles. The van der Waals surface area contributed by atoms with E-state index in [9.17, 15) is 4.79 Å². The highest BCUT2D eigenvalue weighted by Crippen LogP contribution is 2.46. The van der Waals surface area contributed by atoms with Gasteiger partial charge < -0.3 is 9.80 Å². The van der Waals surface area contributed by atoms with Crippen LogP contribution in [0.15, 0.2) is 36.4 Å². The zero-order chi connectivity index (χ0) is 17.6. The van der Waals surface area contributed by atoms with Gasteiger partial charge in [0, 0.05) is 24.5 Å². The van der Waals surface area contributed by atoms with Crippen molar-refractivity contribution in [3.63, 3.8) is 0 Å². The molecule has 2 fully saturated rings. The number of fused-ring (bicyclic) bond motifs is 2. The first-order chi connectivity index (χ1) is 12.0. The fourth-order valence-electron chi connectivity index (χ4n) is 4.82. The second kappa shape index (κ2) is 6.41. The van der Waals surface area contributed by atoms with Gasteiger partial charge in [-0.25, -0.2) is 4.98 Å². The quantitative estimate of drug-likeness (QED) is 0.861. The molecular weight excluding hydrogens is 310 g/mol. The van der Waals surface area contributed by atoms with Gasteiger partial charge in [-0.15, -0.1) is 0 Å². The SMILES string of the molecule is CN(C)C1C[C@@H]2CC(N(C)C(=O)c3ccc4ccccc4n3)C[C@@H]2C1. The molecule has 25 heavy (non-hydrogen) atoms. The smallest absolute Gasteiger partial charge is 0.272 e. The first-order valence-corrected chi connectivity index (χ1v) is 9.32. The summed E-state index contributed by atoms with van der Waals surface area (Å²) in [6.45, 7) is 0. The van der Waals surface area contributed by atoms with Crippen LogP contribution in [-0.2, 0) is 0 Å². The highest BCUT2D eigenvalue weighted by Gasteiger charge is 2.44. The fraction of sp³-hybridized carbons (Fsp3) is 0.524. The van der Waals surface area contributed by atoms with Gasteiger partial charge in [0.05, 0.1) is 5.52 Å². The zero-order valence-corrected chi connectivity index (χ0v) is 15.4. The Labute approximate surface area is 149 Å². The summed E-state index contributed by atoms with van der Waals surface area (Å²) in [7, 11) is 6.32. The average molecular weight is 337 g/mol. The Morgan fingerprint density at radius 3 is 2.24 bits per heavy atom. The maximum atomic E-state index is 12.9. The van der Waals surface area contributed by atoms with Crippen LogP contribution in [0, 0.1) is 11.8 Å². The summed E-state index contributed by atoms with van der Waals surface area (Å²) in [5.74, 6) is 1.61. The van der Waals surface area contributed by atoms with Crippen LogP contribution in [0.25, 0.3) is 10.9 Å². The lowest BCUT2D eigenvalue weighted by Gasteiger charge is -2.27. The van der Waals surface area contributed by atoms with Gasteiger partial charge >= 0.3 is 0 Å². The van der Waals surface area contributed by atoms with Gasteiger partial charge in [0.15, 0.2) is 0 Å². The van der Waals surface area contributed by atoms with Crippen LogP contribution in [0.2, 0.25) is 0 Å². The van der Waals surface area contributed by atoms with Crippen LogP contribution in [0.3, 0.4) is 0 Å². The van der Waals surface area contributed by atoms with E-state index in [2.05, 4.69) is 24.0 Å². The molecule has 0 radical (unpaired) electrons. The Balaban J connectivity index is 1.46. The third kappa shape index (κ3) is 3.04. The van der Waals surface area contributed by atoms with E-state index in [4.69, 9.17) is 0 Å². The van der Waals surface area contributed by atoms with E-state index in [-0.39, 0.29) is 5.91 Å². The summed E-state index contributed by atoms with van der Waals surface area (Å²) in [6.07, 6.45) is 4.85. The molecule has 2 aliphatic rings. The number of nitrogens with zero attached hydrogens (tertiary/aromatic N) is 3. The maximum absolute atomic E-state index is 12.9. The lowest BCUT2D eigenvalue weighted by Crippen LogP contribution is -2.37. The first kappa shape index (κ1) is 16.5. The van der Waals surface area contributed by atoms with Gasteiger partial charge in [-0.05, 0) is 63.7 Å². The predicted molar refractivity (Wildman–Crippen MR) is 101 cm³/mol. The van der Waals surface area contributed by atoms with Gasteiger partial charge in [-0.2, -0.15) is 0 Å². The second-order valence-corrected chi connectivity index (χ2v) is 8.04. The number of pyridine rings is 1. The summed E-state index contributed by atoms with van der Waals surface area (Å²) in [5.41, 5.74) is 1.45. The van der Waals surface area contributed by atoms with Crippen LogP contribution in [0.4, 0.5) is 0 Å². The summed E-state index contributed by atoms with van der Waals surface area (Å²) in [4.78, 5) is 21.8. The Kier molecular flexibility index (Phi) is 4.24. The van der Waals surface area contributed by atoms with Crippen LogP contribution >= 0.6 is 0 Å². The van der Waals surface area contributed by atoms with Gasteiger partial charge in [0.1, 0.15) is 5.69 Å². The molecule has 0 saturated heterocycles. The predicted octanol–water partition coefficient (Wildman–Crippen LogP) is 3.43. The molecule has 0 N–H and O–H groups in total. The van der Waals surface area contributed by atoms with Crippen molar-refractivity contribution in [1.82, 2.24) is 14.8 Å². The van der Waals surface area contributed by atoms with E-state index in [1.54, 1.807) is 0 Å². The van der Waals surface area contributed by atoms with Crippen molar-refractivity contribution in [2.75, 3.05) is 21.1 Å². The minimum atomic E-state index is 0.0555. The van der Waals surface area contributed by atoms with Crippen LogP contribution in [0.1, 0.15) is 36.2 Å². The molecule has 4 rings (SSSR count). The van der Waals surface area contributed by atoms with Crippen LogP contribution < -0.4 is 0 Å². The van der Waals surface area contributed by atoms with Crippen molar-refractivity contribution in [3.05, 3.63) is 42.1 Å². The minimum Gasteiger partial charge on any atom is -0.337 e. The number of rotatable bonds is 3. The highest BCUT2D eigenvalue weighted by atomic mass is 16.2. The molecule has 1 aromatic heterocycles. The van der Waals surface area contributed by atoms with Crippen LogP contribution in [0.5, 0.6) is 0 Å². The van der Waals surface area contributed by atoms with Crippen molar-refractivity contribution in [1.29, 1.82) is 0 Å². The fourth-order valence-corrected chi connectivity index (χ4v) is 4.82. The molecule has 2 saturated carbocycles. The van der Waals surface area contributed by atoms with Crippen molar-refractivity contribution in [2.45, 2.75) is 37.8 Å². The average Bonchev–Trinajstić information content (AvgIpc) is 3.19. The van der Waals surface area contributed by atoms with Crippen LogP contribution in [-0.4, -0.2) is 53.9 Å². The molecule has 1 aromatic carbocycles. The molecule has 0 spiro atoms. The molecule has 2 unspecified atom stereocenters. The molecule has 4 nitrogen and oxygen atoms in total. The van der Waals surface area contributed by atoms with Gasteiger partial charge in [-0.1, -0.05) is 24.3 Å². The molecule has 0 bridgehead atoms. The number of hydrogen-bond acceptors (Lipinski definition) is 3. The molecule has 4 atom stereocenters. The summed E-state index contributed by atoms with van der Waals surface area (Å²) < 4.78 is 0. The lowest BCUT2D eigenvalue weighted by molar-refractivity contribution is 0.0720. The van der Waals surface area contributed by atoms with Gasteiger partial charge in [0.2, 0.25) is 0 Å². The highest BCUT2D eigenvalue weighted by molar-refractivity contribution is 5.95. The van der Waals surface area contributed by atoms with E-state index >= 15 is 0 Å². The lowest BCUT2D eigenvalue weighted by atomic mass is 10.0. The summed E-state index contributed by atoms with van der Waals surface area (Å²) >= 11 is 0. The minimum absolute atomic E-state index is 0.0555. The Bertz CT molecular complexity index is 774. The monoisotopic (exact) mass is 337 g/mol. The van der Waals surface area contributed by atoms with Crippen molar-refractivity contribution in [2.24, 2.45) is 11.8 Å². The molecule has 4 heteroatoms. The largest absolute Gasteiger partial charge is 0.337 e. The van der Waals surface area contributed by atoms with E-state index in [1.165, 1.54) is 12.8 Å². The van der Waals surface area contributed by atoms with Gasteiger partial charge in [0.25, 0.3) is 5.91 Å².